The third-order valence-electron chi connectivity index (χ3n) is 2.98. The van der Waals surface area contributed by atoms with E-state index in [9.17, 15) is 4.79 Å². The standard InChI is InChI=1S/C15H13N3O4/c1-20-12-5-10(6-13-14(12)22-9-21-13)7-17-18-15(19)11-3-2-4-16-8-11/h2-8H,9H2,1H3,(H,18,19). The van der Waals surface area contributed by atoms with E-state index in [0.29, 0.717) is 28.4 Å². The highest BCUT2D eigenvalue weighted by molar-refractivity contribution is 5.94. The van der Waals surface area contributed by atoms with Crippen LogP contribution in [0.2, 0.25) is 0 Å². The summed E-state index contributed by atoms with van der Waals surface area (Å²) in [7, 11) is 1.54. The van der Waals surface area contributed by atoms with Crippen LogP contribution in [0, 0.1) is 0 Å². The van der Waals surface area contributed by atoms with Gasteiger partial charge < -0.3 is 14.2 Å². The number of nitrogens with one attached hydrogen (secondary N) is 1. The van der Waals surface area contributed by atoms with E-state index >= 15 is 0 Å². The van der Waals surface area contributed by atoms with E-state index in [-0.39, 0.29) is 12.7 Å². The predicted molar refractivity (Wildman–Crippen MR) is 78.4 cm³/mol. The molecule has 1 N–H and O–H groups in total. The number of fused-ring (bicyclic) bond motifs is 1. The number of aromatic nitrogens is 1. The minimum atomic E-state index is -0.336. The largest absolute Gasteiger partial charge is 0.493 e. The Labute approximate surface area is 126 Å². The van der Waals surface area contributed by atoms with E-state index in [0.717, 1.165) is 0 Å². The number of methoxy groups -OCH3 is 1. The summed E-state index contributed by atoms with van der Waals surface area (Å²) in [5.74, 6) is 1.37. The van der Waals surface area contributed by atoms with Gasteiger partial charge in [0.1, 0.15) is 0 Å². The maximum Gasteiger partial charge on any atom is 0.272 e. The van der Waals surface area contributed by atoms with Crippen LogP contribution in [-0.4, -0.2) is 31.0 Å². The molecule has 112 valence electrons. The monoisotopic (exact) mass is 299 g/mol. The van der Waals surface area contributed by atoms with Gasteiger partial charge in [-0.1, -0.05) is 0 Å². The van der Waals surface area contributed by atoms with Gasteiger partial charge in [-0.15, -0.1) is 0 Å². The van der Waals surface area contributed by atoms with Gasteiger partial charge in [-0.25, -0.2) is 5.43 Å². The fraction of sp³-hybridized carbons (Fsp3) is 0.133. The normalized spacial score (nSPS) is 12.4. The number of benzene rings is 1. The van der Waals surface area contributed by atoms with Crippen molar-refractivity contribution in [1.82, 2.24) is 10.4 Å². The van der Waals surface area contributed by atoms with Crippen LogP contribution < -0.4 is 19.6 Å². The number of hydrogen-bond donors (Lipinski definition) is 1. The summed E-state index contributed by atoms with van der Waals surface area (Å²) in [6, 6.07) is 6.83. The number of ether oxygens (including phenoxy) is 3. The number of rotatable bonds is 4. The van der Waals surface area contributed by atoms with Crippen molar-refractivity contribution in [3.05, 3.63) is 47.8 Å². The molecule has 0 saturated carbocycles. The number of amides is 1. The van der Waals surface area contributed by atoms with Crippen molar-refractivity contribution in [3.8, 4) is 17.2 Å². The average Bonchev–Trinajstić information content (AvgIpc) is 3.03. The van der Waals surface area contributed by atoms with E-state index < -0.39 is 0 Å². The zero-order valence-corrected chi connectivity index (χ0v) is 11.8. The summed E-state index contributed by atoms with van der Waals surface area (Å²) in [4.78, 5) is 15.7. The number of carbonyl (C=O) groups is 1. The Kier molecular flexibility index (Phi) is 3.86. The van der Waals surface area contributed by atoms with Gasteiger partial charge in [0.05, 0.1) is 18.9 Å². The van der Waals surface area contributed by atoms with E-state index in [4.69, 9.17) is 14.2 Å². The van der Waals surface area contributed by atoms with Crippen LogP contribution in [0.4, 0.5) is 0 Å². The van der Waals surface area contributed by atoms with Crippen LogP contribution in [0.3, 0.4) is 0 Å². The molecular formula is C15H13N3O4. The Morgan fingerprint density at radius 2 is 2.36 bits per heavy atom. The van der Waals surface area contributed by atoms with Gasteiger partial charge in [-0.2, -0.15) is 5.10 Å². The lowest BCUT2D eigenvalue weighted by atomic mass is 10.2. The highest BCUT2D eigenvalue weighted by atomic mass is 16.7. The molecule has 0 aliphatic carbocycles. The Hall–Kier alpha value is -3.09. The van der Waals surface area contributed by atoms with Crippen LogP contribution in [0.25, 0.3) is 0 Å². The first kappa shape index (κ1) is 13.9. The number of hydrazone groups is 1. The molecule has 22 heavy (non-hydrogen) atoms. The van der Waals surface area contributed by atoms with Gasteiger partial charge in [0, 0.05) is 18.0 Å². The topological polar surface area (TPSA) is 82.0 Å². The Balaban J connectivity index is 1.72. The van der Waals surface area contributed by atoms with E-state index in [1.807, 2.05) is 0 Å². The fourth-order valence-electron chi connectivity index (χ4n) is 1.95. The van der Waals surface area contributed by atoms with E-state index in [1.54, 1.807) is 37.6 Å². The van der Waals surface area contributed by atoms with E-state index in [2.05, 4.69) is 15.5 Å². The molecule has 1 amide bonds. The molecule has 0 fully saturated rings. The van der Waals surface area contributed by atoms with E-state index in [1.165, 1.54) is 12.4 Å². The van der Waals surface area contributed by atoms with Crippen molar-refractivity contribution in [2.24, 2.45) is 5.10 Å². The second-order valence-electron chi connectivity index (χ2n) is 4.40. The van der Waals surface area contributed by atoms with Crippen LogP contribution >= 0.6 is 0 Å². The lowest BCUT2D eigenvalue weighted by molar-refractivity contribution is 0.0955. The van der Waals surface area contributed by atoms with Crippen LogP contribution in [0.5, 0.6) is 17.2 Å². The fourth-order valence-corrected chi connectivity index (χ4v) is 1.95. The maximum atomic E-state index is 11.8. The summed E-state index contributed by atoms with van der Waals surface area (Å²) < 4.78 is 15.9. The van der Waals surface area contributed by atoms with Gasteiger partial charge in [0.2, 0.25) is 12.5 Å². The van der Waals surface area contributed by atoms with Crippen molar-refractivity contribution in [2.75, 3.05) is 13.9 Å². The number of carbonyl (C=O) groups excluding carboxylic acids is 1. The molecule has 1 aromatic carbocycles. The first-order chi connectivity index (χ1) is 10.8. The molecule has 0 bridgehead atoms. The first-order valence-corrected chi connectivity index (χ1v) is 6.49. The molecule has 0 unspecified atom stereocenters. The summed E-state index contributed by atoms with van der Waals surface area (Å²) in [5.41, 5.74) is 3.58. The SMILES string of the molecule is COc1cc(C=NNC(=O)c2cccnc2)cc2c1OCO2. The lowest BCUT2D eigenvalue weighted by Crippen LogP contribution is -2.17. The Bertz CT molecular complexity index is 716. The van der Waals surface area contributed by atoms with Crippen LogP contribution in [0.1, 0.15) is 15.9 Å². The molecule has 0 atom stereocenters. The summed E-state index contributed by atoms with van der Waals surface area (Å²) in [6.45, 7) is 0.157. The molecule has 2 aromatic rings. The number of pyridine rings is 1. The maximum absolute atomic E-state index is 11.8. The molecule has 0 radical (unpaired) electrons. The van der Waals surface area contributed by atoms with Gasteiger partial charge in [0.25, 0.3) is 5.91 Å². The van der Waals surface area contributed by atoms with Crippen molar-refractivity contribution in [2.45, 2.75) is 0 Å². The second-order valence-corrected chi connectivity index (χ2v) is 4.40. The average molecular weight is 299 g/mol. The molecule has 0 saturated heterocycles. The minimum Gasteiger partial charge on any atom is -0.493 e. The summed E-state index contributed by atoms with van der Waals surface area (Å²) in [6.07, 6.45) is 4.56. The Morgan fingerprint density at radius 3 is 3.14 bits per heavy atom. The van der Waals surface area contributed by atoms with Gasteiger partial charge in [0.15, 0.2) is 11.5 Å². The highest BCUT2D eigenvalue weighted by Crippen LogP contribution is 2.41. The summed E-state index contributed by atoms with van der Waals surface area (Å²) >= 11 is 0. The third-order valence-corrected chi connectivity index (χ3v) is 2.98. The molecule has 1 aromatic heterocycles. The molecule has 7 heteroatoms. The number of nitrogens with zero attached hydrogens (tertiary/aromatic N) is 2. The molecule has 2 heterocycles. The van der Waals surface area contributed by atoms with Crippen molar-refractivity contribution < 1.29 is 19.0 Å². The zero-order valence-electron chi connectivity index (χ0n) is 11.8. The molecule has 1 aliphatic rings. The highest BCUT2D eigenvalue weighted by Gasteiger charge is 2.19. The minimum absolute atomic E-state index is 0.157. The van der Waals surface area contributed by atoms with Gasteiger partial charge >= 0.3 is 0 Å². The molecular weight excluding hydrogens is 286 g/mol. The Morgan fingerprint density at radius 1 is 1.45 bits per heavy atom. The smallest absolute Gasteiger partial charge is 0.272 e. The third kappa shape index (κ3) is 2.83. The number of hydrogen-bond acceptors (Lipinski definition) is 6. The second kappa shape index (κ2) is 6.13. The van der Waals surface area contributed by atoms with Crippen molar-refractivity contribution in [1.29, 1.82) is 0 Å². The lowest BCUT2D eigenvalue weighted by Gasteiger charge is -2.05. The van der Waals surface area contributed by atoms with Crippen LogP contribution in [0.15, 0.2) is 41.8 Å². The quantitative estimate of drug-likeness (QED) is 0.684. The molecule has 3 rings (SSSR count). The molecule has 0 spiro atoms. The molecule has 1 aliphatic heterocycles. The zero-order chi connectivity index (χ0) is 15.4. The van der Waals surface area contributed by atoms with Gasteiger partial charge in [-0.05, 0) is 24.3 Å². The first-order valence-electron chi connectivity index (χ1n) is 6.49. The van der Waals surface area contributed by atoms with Crippen molar-refractivity contribution in [3.63, 3.8) is 0 Å². The van der Waals surface area contributed by atoms with Gasteiger partial charge in [-0.3, -0.25) is 9.78 Å². The van der Waals surface area contributed by atoms with Crippen LogP contribution in [-0.2, 0) is 0 Å². The van der Waals surface area contributed by atoms with Crippen molar-refractivity contribution >= 4 is 12.1 Å². The molecule has 7 nitrogen and oxygen atoms in total. The predicted octanol–water partition coefficient (Wildman–Crippen LogP) is 1.58. The summed E-state index contributed by atoms with van der Waals surface area (Å²) in [5, 5.41) is 3.91.